The molecular formula is C12H17NO2. The maximum absolute atomic E-state index is 9.32. The monoisotopic (exact) mass is 207 g/mol. The van der Waals surface area contributed by atoms with Gasteiger partial charge in [0.1, 0.15) is 5.92 Å². The highest BCUT2D eigenvalue weighted by molar-refractivity contribution is 5.08. The van der Waals surface area contributed by atoms with Crippen molar-refractivity contribution in [3.63, 3.8) is 0 Å². The van der Waals surface area contributed by atoms with Gasteiger partial charge in [-0.25, -0.2) is 0 Å². The van der Waals surface area contributed by atoms with E-state index in [0.29, 0.717) is 25.0 Å². The van der Waals surface area contributed by atoms with Crippen molar-refractivity contribution in [3.8, 4) is 6.07 Å². The highest BCUT2D eigenvalue weighted by Gasteiger charge is 2.57. The summed E-state index contributed by atoms with van der Waals surface area (Å²) in [6, 6.07) is 2.45. The zero-order valence-electron chi connectivity index (χ0n) is 8.95. The van der Waals surface area contributed by atoms with E-state index in [1.54, 1.807) is 0 Å². The van der Waals surface area contributed by atoms with Gasteiger partial charge in [0.15, 0.2) is 5.79 Å². The fourth-order valence-electron chi connectivity index (χ4n) is 3.71. The third-order valence-corrected chi connectivity index (χ3v) is 4.33. The summed E-state index contributed by atoms with van der Waals surface area (Å²) in [5.74, 6) is 0.655. The van der Waals surface area contributed by atoms with Crippen LogP contribution in [0.15, 0.2) is 0 Å². The Labute approximate surface area is 90.4 Å². The molecule has 0 N–H and O–H groups in total. The van der Waals surface area contributed by atoms with Gasteiger partial charge in [0.25, 0.3) is 0 Å². The predicted molar refractivity (Wildman–Crippen MR) is 53.8 cm³/mol. The van der Waals surface area contributed by atoms with Crippen LogP contribution in [0.3, 0.4) is 0 Å². The van der Waals surface area contributed by atoms with Gasteiger partial charge >= 0.3 is 0 Å². The van der Waals surface area contributed by atoms with Gasteiger partial charge in [0.05, 0.1) is 19.3 Å². The molecule has 0 aromatic carbocycles. The van der Waals surface area contributed by atoms with Crippen molar-refractivity contribution in [1.82, 2.24) is 0 Å². The molecule has 0 radical (unpaired) electrons. The van der Waals surface area contributed by atoms with Crippen LogP contribution >= 0.6 is 0 Å². The molecule has 3 aliphatic rings. The first kappa shape index (κ1) is 9.62. The minimum absolute atomic E-state index is 0.0229. The molecule has 2 aliphatic carbocycles. The smallest absolute Gasteiger partial charge is 0.184 e. The van der Waals surface area contributed by atoms with Crippen molar-refractivity contribution in [1.29, 1.82) is 5.26 Å². The van der Waals surface area contributed by atoms with Gasteiger partial charge in [-0.3, -0.25) is 0 Å². The second-order valence-corrected chi connectivity index (χ2v) is 5.03. The molecule has 3 rings (SSSR count). The molecule has 1 aliphatic heterocycles. The minimum atomic E-state index is -0.519. The summed E-state index contributed by atoms with van der Waals surface area (Å²) >= 11 is 0. The van der Waals surface area contributed by atoms with Crippen LogP contribution in [0.5, 0.6) is 0 Å². The average molecular weight is 207 g/mol. The van der Waals surface area contributed by atoms with Crippen molar-refractivity contribution in [2.24, 2.45) is 17.8 Å². The summed E-state index contributed by atoms with van der Waals surface area (Å²) in [7, 11) is 0. The van der Waals surface area contributed by atoms with Gasteiger partial charge in [-0.05, 0) is 24.7 Å². The predicted octanol–water partition coefficient (Wildman–Crippen LogP) is 2.08. The molecule has 0 amide bonds. The number of fused-ring (bicyclic) bond motifs is 1. The zero-order chi connectivity index (χ0) is 10.3. The van der Waals surface area contributed by atoms with E-state index >= 15 is 0 Å². The summed E-state index contributed by atoms with van der Waals surface area (Å²) in [4.78, 5) is 0. The fraction of sp³-hybridized carbons (Fsp3) is 0.917. The van der Waals surface area contributed by atoms with Crippen molar-refractivity contribution < 1.29 is 9.47 Å². The molecule has 3 nitrogen and oxygen atoms in total. The Balaban J connectivity index is 1.88. The number of nitriles is 1. The molecule has 1 spiro atoms. The number of nitrogens with zero attached hydrogens (tertiary/aromatic N) is 1. The fourth-order valence-corrected chi connectivity index (χ4v) is 3.71. The SMILES string of the molecule is N#C[C@@H]1[C@H]2CCCC[C@H]2CC12OCCO2. The molecule has 0 unspecified atom stereocenters. The number of ether oxygens (including phenoxy) is 2. The van der Waals surface area contributed by atoms with Gasteiger partial charge in [-0.1, -0.05) is 12.8 Å². The van der Waals surface area contributed by atoms with E-state index < -0.39 is 5.79 Å². The van der Waals surface area contributed by atoms with Crippen LogP contribution in [0, 0.1) is 29.1 Å². The molecule has 3 atom stereocenters. The lowest BCUT2D eigenvalue weighted by molar-refractivity contribution is -0.173. The third kappa shape index (κ3) is 1.32. The van der Waals surface area contributed by atoms with Crippen LogP contribution in [-0.2, 0) is 9.47 Å². The lowest BCUT2D eigenvalue weighted by Gasteiger charge is -2.28. The van der Waals surface area contributed by atoms with Gasteiger partial charge in [-0.2, -0.15) is 5.26 Å². The Morgan fingerprint density at radius 1 is 1.13 bits per heavy atom. The van der Waals surface area contributed by atoms with Crippen LogP contribution in [0.25, 0.3) is 0 Å². The molecular weight excluding hydrogens is 190 g/mol. The van der Waals surface area contributed by atoms with Crippen molar-refractivity contribution in [2.45, 2.75) is 37.9 Å². The first-order valence-electron chi connectivity index (χ1n) is 6.03. The van der Waals surface area contributed by atoms with E-state index in [4.69, 9.17) is 9.47 Å². The Hall–Kier alpha value is -0.590. The largest absolute Gasteiger partial charge is 0.346 e. The van der Waals surface area contributed by atoms with Crippen molar-refractivity contribution in [2.75, 3.05) is 13.2 Å². The Kier molecular flexibility index (Phi) is 2.22. The van der Waals surface area contributed by atoms with Crippen molar-refractivity contribution in [3.05, 3.63) is 0 Å². The standard InChI is InChI=1S/C12H17NO2/c13-8-11-10-4-2-1-3-9(10)7-12(11)14-5-6-15-12/h9-11H,1-7H2/t9-,10-,11+/m0/s1. The molecule has 15 heavy (non-hydrogen) atoms. The van der Waals surface area contributed by atoms with E-state index in [9.17, 15) is 5.26 Å². The van der Waals surface area contributed by atoms with Crippen LogP contribution in [0.1, 0.15) is 32.1 Å². The molecule has 82 valence electrons. The Morgan fingerprint density at radius 3 is 2.60 bits per heavy atom. The molecule has 2 saturated carbocycles. The minimum Gasteiger partial charge on any atom is -0.346 e. The van der Waals surface area contributed by atoms with E-state index in [2.05, 4.69) is 6.07 Å². The van der Waals surface area contributed by atoms with Crippen LogP contribution in [0.2, 0.25) is 0 Å². The lowest BCUT2D eigenvalue weighted by atomic mass is 9.78. The molecule has 0 aromatic heterocycles. The van der Waals surface area contributed by atoms with Gasteiger partial charge < -0.3 is 9.47 Å². The Morgan fingerprint density at radius 2 is 1.87 bits per heavy atom. The van der Waals surface area contributed by atoms with Crippen LogP contribution in [-0.4, -0.2) is 19.0 Å². The van der Waals surface area contributed by atoms with Crippen LogP contribution < -0.4 is 0 Å². The summed E-state index contributed by atoms with van der Waals surface area (Å²) in [6.07, 6.45) is 6.00. The van der Waals surface area contributed by atoms with E-state index in [-0.39, 0.29) is 5.92 Å². The number of rotatable bonds is 0. The summed E-state index contributed by atoms with van der Waals surface area (Å²) in [5, 5.41) is 9.32. The summed E-state index contributed by atoms with van der Waals surface area (Å²) in [5.41, 5.74) is 0. The molecule has 1 heterocycles. The number of hydrogen-bond donors (Lipinski definition) is 0. The second kappa shape index (κ2) is 3.47. The maximum atomic E-state index is 9.32. The maximum Gasteiger partial charge on any atom is 0.184 e. The second-order valence-electron chi connectivity index (χ2n) is 5.03. The summed E-state index contributed by atoms with van der Waals surface area (Å²) in [6.45, 7) is 1.33. The zero-order valence-corrected chi connectivity index (χ0v) is 8.95. The van der Waals surface area contributed by atoms with E-state index in [1.165, 1.54) is 25.7 Å². The molecule has 0 aromatic rings. The topological polar surface area (TPSA) is 42.2 Å². The van der Waals surface area contributed by atoms with Crippen LogP contribution in [0.4, 0.5) is 0 Å². The number of hydrogen-bond acceptors (Lipinski definition) is 3. The van der Waals surface area contributed by atoms with Gasteiger partial charge in [0.2, 0.25) is 0 Å². The lowest BCUT2D eigenvalue weighted by Crippen LogP contribution is -2.35. The Bertz CT molecular complexity index is 290. The van der Waals surface area contributed by atoms with Gasteiger partial charge in [-0.15, -0.1) is 0 Å². The van der Waals surface area contributed by atoms with E-state index in [0.717, 1.165) is 6.42 Å². The normalized spacial score (nSPS) is 42.7. The first-order valence-corrected chi connectivity index (χ1v) is 6.03. The van der Waals surface area contributed by atoms with Gasteiger partial charge in [0, 0.05) is 6.42 Å². The quantitative estimate of drug-likeness (QED) is 0.610. The average Bonchev–Trinajstić information content (AvgIpc) is 2.83. The highest BCUT2D eigenvalue weighted by Crippen LogP contribution is 2.53. The molecule has 1 saturated heterocycles. The first-order chi connectivity index (χ1) is 7.36. The molecule has 0 bridgehead atoms. The molecule has 3 heteroatoms. The third-order valence-electron chi connectivity index (χ3n) is 4.33. The van der Waals surface area contributed by atoms with Crippen molar-refractivity contribution >= 4 is 0 Å². The highest BCUT2D eigenvalue weighted by atomic mass is 16.7. The summed E-state index contributed by atoms with van der Waals surface area (Å²) < 4.78 is 11.5. The van der Waals surface area contributed by atoms with E-state index in [1.807, 2.05) is 0 Å². The molecule has 3 fully saturated rings.